The fraction of sp³-hybridized carbons (Fsp3) is 0.600. The second-order valence-corrected chi connectivity index (χ2v) is 5.61. The fourth-order valence-electron chi connectivity index (χ4n) is 2.47. The lowest BCUT2D eigenvalue weighted by Gasteiger charge is -2.25. The van der Waals surface area contributed by atoms with E-state index < -0.39 is 5.92 Å². The first kappa shape index (κ1) is 14.1. The van der Waals surface area contributed by atoms with Gasteiger partial charge in [0.15, 0.2) is 0 Å². The van der Waals surface area contributed by atoms with Crippen LogP contribution in [-0.4, -0.2) is 19.1 Å². The lowest BCUT2D eigenvalue weighted by molar-refractivity contribution is 0.0175. The van der Waals surface area contributed by atoms with E-state index in [4.69, 9.17) is 0 Å². The molecular weight excluding hydrogens is 246 g/mol. The highest BCUT2D eigenvalue weighted by molar-refractivity contribution is 5.72. The standard InChI is InChI=1S/C15H22F2N2/c1-11(2)18-13-10-12(15(3,16)17)6-7-14(13)19-8-4-5-9-19/h6-7,10-11,18H,4-5,8-9H2,1-3H3. The molecule has 1 aliphatic rings. The molecule has 4 heteroatoms. The minimum atomic E-state index is -2.79. The van der Waals surface area contributed by atoms with Crippen LogP contribution in [0.15, 0.2) is 18.2 Å². The van der Waals surface area contributed by atoms with Crippen LogP contribution < -0.4 is 10.2 Å². The van der Waals surface area contributed by atoms with E-state index in [-0.39, 0.29) is 11.6 Å². The molecule has 1 aliphatic heterocycles. The number of rotatable bonds is 4. The zero-order valence-corrected chi connectivity index (χ0v) is 11.8. The highest BCUT2D eigenvalue weighted by Crippen LogP contribution is 2.35. The molecule has 1 fully saturated rings. The molecule has 19 heavy (non-hydrogen) atoms. The summed E-state index contributed by atoms with van der Waals surface area (Å²) in [6.07, 6.45) is 2.35. The van der Waals surface area contributed by atoms with Crippen molar-refractivity contribution in [3.05, 3.63) is 23.8 Å². The molecule has 1 aromatic carbocycles. The maximum atomic E-state index is 13.4. The van der Waals surface area contributed by atoms with Crippen molar-refractivity contribution in [3.63, 3.8) is 0 Å². The van der Waals surface area contributed by atoms with Crippen LogP contribution in [0.3, 0.4) is 0 Å². The quantitative estimate of drug-likeness (QED) is 0.879. The Kier molecular flexibility index (Phi) is 3.97. The van der Waals surface area contributed by atoms with Crippen molar-refractivity contribution < 1.29 is 8.78 Å². The van der Waals surface area contributed by atoms with Crippen molar-refractivity contribution in [1.82, 2.24) is 0 Å². The molecule has 0 aliphatic carbocycles. The molecule has 0 atom stereocenters. The van der Waals surface area contributed by atoms with Gasteiger partial charge in [0.25, 0.3) is 5.92 Å². The molecule has 0 radical (unpaired) electrons. The smallest absolute Gasteiger partial charge is 0.270 e. The summed E-state index contributed by atoms with van der Waals surface area (Å²) in [5, 5.41) is 3.29. The van der Waals surface area contributed by atoms with Crippen LogP contribution in [-0.2, 0) is 5.92 Å². The van der Waals surface area contributed by atoms with E-state index >= 15 is 0 Å². The first-order chi connectivity index (χ1) is 8.88. The summed E-state index contributed by atoms with van der Waals surface area (Å²) in [5.74, 6) is -2.79. The van der Waals surface area contributed by atoms with Crippen LogP contribution in [0, 0.1) is 0 Å². The molecule has 0 aromatic heterocycles. The SMILES string of the molecule is CC(C)Nc1cc(C(C)(F)F)ccc1N1CCCC1. The largest absolute Gasteiger partial charge is 0.381 e. The van der Waals surface area contributed by atoms with Gasteiger partial charge in [0, 0.05) is 31.6 Å². The van der Waals surface area contributed by atoms with Crippen molar-refractivity contribution >= 4 is 11.4 Å². The van der Waals surface area contributed by atoms with E-state index in [1.54, 1.807) is 12.1 Å². The summed E-state index contributed by atoms with van der Waals surface area (Å²) in [5.41, 5.74) is 1.92. The molecule has 0 bridgehead atoms. The molecule has 1 N–H and O–H groups in total. The Bertz CT molecular complexity index is 432. The summed E-state index contributed by atoms with van der Waals surface area (Å²) in [4.78, 5) is 2.27. The summed E-state index contributed by atoms with van der Waals surface area (Å²) >= 11 is 0. The fourth-order valence-corrected chi connectivity index (χ4v) is 2.47. The van der Waals surface area contributed by atoms with E-state index in [1.165, 1.54) is 12.8 Å². The average molecular weight is 268 g/mol. The van der Waals surface area contributed by atoms with Gasteiger partial charge < -0.3 is 10.2 Å². The van der Waals surface area contributed by atoms with E-state index in [0.717, 1.165) is 31.4 Å². The van der Waals surface area contributed by atoms with Crippen molar-refractivity contribution in [2.24, 2.45) is 0 Å². The van der Waals surface area contributed by atoms with E-state index in [1.807, 2.05) is 19.9 Å². The lowest BCUT2D eigenvalue weighted by Crippen LogP contribution is -2.21. The second kappa shape index (κ2) is 5.35. The van der Waals surface area contributed by atoms with Gasteiger partial charge in [-0.25, -0.2) is 8.78 Å². The molecule has 0 unspecified atom stereocenters. The maximum Gasteiger partial charge on any atom is 0.270 e. The summed E-state index contributed by atoms with van der Waals surface area (Å²) < 4.78 is 26.9. The van der Waals surface area contributed by atoms with Crippen LogP contribution in [0.25, 0.3) is 0 Å². The second-order valence-electron chi connectivity index (χ2n) is 5.61. The van der Waals surface area contributed by atoms with Gasteiger partial charge in [0.1, 0.15) is 0 Å². The third-order valence-electron chi connectivity index (χ3n) is 3.39. The van der Waals surface area contributed by atoms with E-state index in [0.29, 0.717) is 0 Å². The number of benzene rings is 1. The number of nitrogens with zero attached hydrogens (tertiary/aromatic N) is 1. The van der Waals surface area contributed by atoms with Crippen molar-refractivity contribution in [1.29, 1.82) is 0 Å². The Hall–Kier alpha value is -1.32. The average Bonchev–Trinajstić information content (AvgIpc) is 2.80. The van der Waals surface area contributed by atoms with Crippen molar-refractivity contribution in [2.45, 2.75) is 45.6 Å². The monoisotopic (exact) mass is 268 g/mol. The molecule has 106 valence electrons. The van der Waals surface area contributed by atoms with Crippen LogP contribution in [0.5, 0.6) is 0 Å². The highest BCUT2D eigenvalue weighted by atomic mass is 19.3. The van der Waals surface area contributed by atoms with Crippen LogP contribution in [0.1, 0.15) is 39.2 Å². The molecule has 0 spiro atoms. The molecule has 1 saturated heterocycles. The summed E-state index contributed by atoms with van der Waals surface area (Å²) in [6.45, 7) is 7.00. The van der Waals surface area contributed by atoms with Crippen molar-refractivity contribution in [2.75, 3.05) is 23.3 Å². The van der Waals surface area contributed by atoms with Gasteiger partial charge in [-0.15, -0.1) is 0 Å². The van der Waals surface area contributed by atoms with Gasteiger partial charge in [0.05, 0.1) is 11.4 Å². The van der Waals surface area contributed by atoms with E-state index in [9.17, 15) is 8.78 Å². The molecule has 0 amide bonds. The number of hydrogen-bond acceptors (Lipinski definition) is 2. The number of nitrogens with one attached hydrogen (secondary N) is 1. The molecule has 1 aromatic rings. The molecule has 2 nitrogen and oxygen atoms in total. The van der Waals surface area contributed by atoms with Crippen LogP contribution >= 0.6 is 0 Å². The zero-order chi connectivity index (χ0) is 14.0. The Morgan fingerprint density at radius 2 is 1.84 bits per heavy atom. The predicted molar refractivity (Wildman–Crippen MR) is 76.2 cm³/mol. The summed E-state index contributed by atoms with van der Waals surface area (Å²) in [7, 11) is 0. The van der Waals surface area contributed by atoms with Crippen LogP contribution in [0.2, 0.25) is 0 Å². The van der Waals surface area contributed by atoms with Gasteiger partial charge in [0.2, 0.25) is 0 Å². The van der Waals surface area contributed by atoms with Crippen molar-refractivity contribution in [3.8, 4) is 0 Å². The molecular formula is C15H22F2N2. The number of halogens is 2. The number of hydrogen-bond donors (Lipinski definition) is 1. The molecule has 0 saturated carbocycles. The van der Waals surface area contributed by atoms with Gasteiger partial charge in [-0.05, 0) is 38.8 Å². The molecule has 1 heterocycles. The topological polar surface area (TPSA) is 15.3 Å². The van der Waals surface area contributed by atoms with Gasteiger partial charge in [-0.3, -0.25) is 0 Å². The van der Waals surface area contributed by atoms with Crippen LogP contribution in [0.4, 0.5) is 20.2 Å². The summed E-state index contributed by atoms with van der Waals surface area (Å²) in [6, 6.07) is 5.18. The predicted octanol–water partition coefficient (Wildman–Crippen LogP) is 4.22. The number of anilines is 2. The third kappa shape index (κ3) is 3.37. The highest BCUT2D eigenvalue weighted by Gasteiger charge is 2.26. The normalized spacial score (nSPS) is 16.2. The molecule has 2 rings (SSSR count). The Labute approximate surface area is 113 Å². The third-order valence-corrected chi connectivity index (χ3v) is 3.39. The number of alkyl halides is 2. The minimum Gasteiger partial charge on any atom is -0.381 e. The van der Waals surface area contributed by atoms with Gasteiger partial charge in [-0.2, -0.15) is 0 Å². The van der Waals surface area contributed by atoms with Gasteiger partial charge >= 0.3 is 0 Å². The maximum absolute atomic E-state index is 13.4. The lowest BCUT2D eigenvalue weighted by atomic mass is 10.1. The first-order valence-electron chi connectivity index (χ1n) is 6.92. The Balaban J connectivity index is 2.36. The van der Waals surface area contributed by atoms with E-state index in [2.05, 4.69) is 10.2 Å². The Morgan fingerprint density at radius 3 is 2.37 bits per heavy atom. The minimum absolute atomic E-state index is 0.0681. The van der Waals surface area contributed by atoms with Gasteiger partial charge in [-0.1, -0.05) is 6.07 Å². The zero-order valence-electron chi connectivity index (χ0n) is 11.8. The first-order valence-corrected chi connectivity index (χ1v) is 6.92. The Morgan fingerprint density at radius 1 is 1.21 bits per heavy atom.